The molecule has 8 heteroatoms. The van der Waals surface area contributed by atoms with Gasteiger partial charge in [-0.15, -0.1) is 5.10 Å². The minimum Gasteiger partial charge on any atom is -0.399 e. The lowest BCUT2D eigenvalue weighted by molar-refractivity contribution is -0.136. The minimum absolute atomic E-state index is 0.0656. The summed E-state index contributed by atoms with van der Waals surface area (Å²) in [6.07, 6.45) is -5.08. The van der Waals surface area contributed by atoms with Crippen molar-refractivity contribution in [2.45, 2.75) is 25.6 Å². The van der Waals surface area contributed by atoms with Crippen molar-refractivity contribution < 1.29 is 13.2 Å². The molecule has 0 aliphatic rings. The van der Waals surface area contributed by atoms with Crippen molar-refractivity contribution in [3.8, 4) is 11.4 Å². The summed E-state index contributed by atoms with van der Waals surface area (Å²) in [4.78, 5) is 0. The van der Waals surface area contributed by atoms with Gasteiger partial charge >= 0.3 is 6.18 Å². The maximum absolute atomic E-state index is 12.1. The van der Waals surface area contributed by atoms with Crippen molar-refractivity contribution in [3.63, 3.8) is 0 Å². The normalized spacial score (nSPS) is 11.7. The third kappa shape index (κ3) is 3.67. The first-order chi connectivity index (χ1) is 8.96. The monoisotopic (exact) mass is 271 g/mol. The molecule has 0 saturated carbocycles. The molecule has 1 heterocycles. The summed E-state index contributed by atoms with van der Waals surface area (Å²) in [5, 5.41) is 11.0. The number of hydrogen-bond acceptors (Lipinski definition) is 4. The van der Waals surface area contributed by atoms with Gasteiger partial charge in [-0.1, -0.05) is 12.1 Å². The molecule has 0 radical (unpaired) electrons. The van der Waals surface area contributed by atoms with Gasteiger partial charge < -0.3 is 5.73 Å². The molecule has 0 unspecified atom stereocenters. The summed E-state index contributed by atoms with van der Waals surface area (Å²) in [6.45, 7) is 0.108. The zero-order chi connectivity index (χ0) is 13.9. The molecule has 2 rings (SSSR count). The second kappa shape index (κ2) is 5.25. The van der Waals surface area contributed by atoms with E-state index in [1.165, 1.54) is 4.68 Å². The van der Waals surface area contributed by atoms with Crippen molar-refractivity contribution in [2.24, 2.45) is 0 Å². The van der Waals surface area contributed by atoms with Crippen LogP contribution in [0.4, 0.5) is 18.9 Å². The standard InChI is InChI=1S/C11H12F3N5/c12-11(13,14)5-2-6-19-10(16-17-18-19)8-3-1-4-9(15)7-8/h1,3-4,7H,2,5-6,15H2. The van der Waals surface area contributed by atoms with Gasteiger partial charge in [0.05, 0.1) is 0 Å². The van der Waals surface area contributed by atoms with E-state index in [2.05, 4.69) is 15.5 Å². The van der Waals surface area contributed by atoms with Gasteiger partial charge in [0, 0.05) is 24.2 Å². The van der Waals surface area contributed by atoms with Gasteiger partial charge in [-0.25, -0.2) is 4.68 Å². The Morgan fingerprint density at radius 2 is 2.05 bits per heavy atom. The van der Waals surface area contributed by atoms with Crippen LogP contribution in [-0.4, -0.2) is 26.4 Å². The van der Waals surface area contributed by atoms with Gasteiger partial charge in [0.25, 0.3) is 0 Å². The van der Waals surface area contributed by atoms with Crippen LogP contribution in [-0.2, 0) is 6.54 Å². The number of alkyl halides is 3. The molecular weight excluding hydrogens is 259 g/mol. The van der Waals surface area contributed by atoms with E-state index in [9.17, 15) is 13.2 Å². The third-order valence-electron chi connectivity index (χ3n) is 2.51. The number of aryl methyl sites for hydroxylation is 1. The molecule has 0 saturated heterocycles. The largest absolute Gasteiger partial charge is 0.399 e. The fourth-order valence-electron chi connectivity index (χ4n) is 1.67. The Kier molecular flexibility index (Phi) is 3.68. The number of rotatable bonds is 4. The number of hydrogen-bond donors (Lipinski definition) is 1. The van der Waals surface area contributed by atoms with E-state index in [4.69, 9.17) is 5.73 Å². The van der Waals surface area contributed by atoms with Crippen LogP contribution in [0.25, 0.3) is 11.4 Å². The summed E-state index contributed by atoms with van der Waals surface area (Å²) in [5.41, 5.74) is 6.87. The van der Waals surface area contributed by atoms with E-state index in [-0.39, 0.29) is 13.0 Å². The van der Waals surface area contributed by atoms with Crippen molar-refractivity contribution in [2.75, 3.05) is 5.73 Å². The predicted octanol–water partition coefficient (Wildman–Crippen LogP) is 2.26. The molecule has 0 spiro atoms. The predicted molar refractivity (Wildman–Crippen MR) is 63.0 cm³/mol. The molecule has 19 heavy (non-hydrogen) atoms. The molecule has 0 bridgehead atoms. The lowest BCUT2D eigenvalue weighted by Crippen LogP contribution is -2.10. The minimum atomic E-state index is -4.16. The number of nitrogen functional groups attached to an aromatic ring is 1. The molecule has 102 valence electrons. The number of aromatic nitrogens is 4. The SMILES string of the molecule is Nc1cccc(-c2nnnn2CCCC(F)(F)F)c1. The number of tetrazole rings is 1. The molecule has 0 atom stereocenters. The van der Waals surface area contributed by atoms with Gasteiger partial charge in [-0.2, -0.15) is 13.2 Å². The van der Waals surface area contributed by atoms with Crippen LogP contribution in [0.1, 0.15) is 12.8 Å². The Bertz CT molecular complexity index is 549. The van der Waals surface area contributed by atoms with Crippen LogP contribution in [0, 0.1) is 0 Å². The Labute approximate surface area is 107 Å². The molecule has 0 fully saturated rings. The van der Waals surface area contributed by atoms with Gasteiger partial charge in [0.1, 0.15) is 0 Å². The van der Waals surface area contributed by atoms with E-state index in [1.807, 2.05) is 0 Å². The van der Waals surface area contributed by atoms with Gasteiger partial charge in [-0.3, -0.25) is 0 Å². The highest BCUT2D eigenvalue weighted by Crippen LogP contribution is 2.23. The van der Waals surface area contributed by atoms with Gasteiger partial charge in [0.2, 0.25) is 0 Å². The van der Waals surface area contributed by atoms with Crippen LogP contribution in [0.15, 0.2) is 24.3 Å². The summed E-state index contributed by atoms with van der Waals surface area (Å²) in [5.74, 6) is 0.412. The van der Waals surface area contributed by atoms with Crippen LogP contribution in [0.2, 0.25) is 0 Å². The van der Waals surface area contributed by atoms with Crippen LogP contribution < -0.4 is 5.73 Å². The number of anilines is 1. The maximum atomic E-state index is 12.1. The first-order valence-corrected chi connectivity index (χ1v) is 5.64. The Hall–Kier alpha value is -2.12. The number of benzene rings is 1. The Morgan fingerprint density at radius 1 is 1.26 bits per heavy atom. The Morgan fingerprint density at radius 3 is 2.74 bits per heavy atom. The molecule has 1 aromatic heterocycles. The summed E-state index contributed by atoms with van der Waals surface area (Å²) < 4.78 is 37.6. The lowest BCUT2D eigenvalue weighted by Gasteiger charge is -2.07. The number of nitrogens with zero attached hydrogens (tertiary/aromatic N) is 4. The molecular formula is C11H12F3N5. The first kappa shape index (κ1) is 13.3. The van der Waals surface area contributed by atoms with Crippen LogP contribution in [0.3, 0.4) is 0 Å². The van der Waals surface area contributed by atoms with Crippen molar-refractivity contribution >= 4 is 5.69 Å². The zero-order valence-corrected chi connectivity index (χ0v) is 9.93. The molecule has 0 amide bonds. The second-order valence-corrected chi connectivity index (χ2v) is 4.07. The fraction of sp³-hybridized carbons (Fsp3) is 0.364. The highest BCUT2D eigenvalue weighted by molar-refractivity contribution is 5.60. The van der Waals surface area contributed by atoms with E-state index < -0.39 is 12.6 Å². The number of nitrogens with two attached hydrogens (primary N) is 1. The summed E-state index contributed by atoms with van der Waals surface area (Å²) >= 11 is 0. The highest BCUT2D eigenvalue weighted by atomic mass is 19.4. The molecule has 2 aromatic rings. The zero-order valence-electron chi connectivity index (χ0n) is 9.93. The fourth-order valence-corrected chi connectivity index (χ4v) is 1.67. The van der Waals surface area contributed by atoms with Gasteiger partial charge in [-0.05, 0) is 29.0 Å². The molecule has 0 aliphatic heterocycles. The first-order valence-electron chi connectivity index (χ1n) is 5.64. The van der Waals surface area contributed by atoms with Crippen molar-refractivity contribution in [1.82, 2.24) is 20.2 Å². The molecule has 2 N–H and O–H groups in total. The quantitative estimate of drug-likeness (QED) is 0.866. The lowest BCUT2D eigenvalue weighted by atomic mass is 10.2. The second-order valence-electron chi connectivity index (χ2n) is 4.07. The van der Waals surface area contributed by atoms with E-state index in [0.29, 0.717) is 17.1 Å². The molecule has 0 aliphatic carbocycles. The molecule has 5 nitrogen and oxygen atoms in total. The Balaban J connectivity index is 2.10. The average Bonchev–Trinajstić information content (AvgIpc) is 2.75. The van der Waals surface area contributed by atoms with Crippen LogP contribution in [0.5, 0.6) is 0 Å². The van der Waals surface area contributed by atoms with E-state index in [0.717, 1.165) is 0 Å². The highest BCUT2D eigenvalue weighted by Gasteiger charge is 2.26. The topological polar surface area (TPSA) is 69.6 Å². The third-order valence-corrected chi connectivity index (χ3v) is 2.51. The van der Waals surface area contributed by atoms with Crippen molar-refractivity contribution in [1.29, 1.82) is 0 Å². The smallest absolute Gasteiger partial charge is 0.389 e. The summed E-state index contributed by atoms with van der Waals surface area (Å²) in [6, 6.07) is 6.87. The van der Waals surface area contributed by atoms with Crippen molar-refractivity contribution in [3.05, 3.63) is 24.3 Å². The van der Waals surface area contributed by atoms with E-state index in [1.54, 1.807) is 24.3 Å². The van der Waals surface area contributed by atoms with E-state index >= 15 is 0 Å². The maximum Gasteiger partial charge on any atom is 0.389 e. The average molecular weight is 271 g/mol. The van der Waals surface area contributed by atoms with Crippen LogP contribution >= 0.6 is 0 Å². The number of halogens is 3. The summed E-state index contributed by atoms with van der Waals surface area (Å²) in [7, 11) is 0. The molecule has 1 aromatic carbocycles. The van der Waals surface area contributed by atoms with Gasteiger partial charge in [0.15, 0.2) is 5.82 Å².